The second-order valence-electron chi connectivity index (χ2n) is 11.5. The van der Waals surface area contributed by atoms with Gasteiger partial charge in [0.2, 0.25) is 9.84 Å². The summed E-state index contributed by atoms with van der Waals surface area (Å²) in [6, 6.07) is 22.8. The molecule has 3 aromatic carbocycles. The van der Waals surface area contributed by atoms with Crippen LogP contribution in [0.15, 0.2) is 118 Å². The summed E-state index contributed by atoms with van der Waals surface area (Å²) < 4.78 is 27.2. The molecule has 248 valence electrons. The average molecular weight is 703 g/mol. The van der Waals surface area contributed by atoms with Crippen LogP contribution in [0.1, 0.15) is 55.5 Å². The molecule has 5 rings (SSSR count). The van der Waals surface area contributed by atoms with E-state index in [0.717, 1.165) is 28.9 Å². The number of allylic oxidation sites excluding steroid dienone is 4. The van der Waals surface area contributed by atoms with Gasteiger partial charge in [-0.05, 0) is 72.4 Å². The molecule has 0 saturated carbocycles. The molecule has 0 radical (unpaired) electrons. The highest BCUT2D eigenvalue weighted by atomic mass is 35.5. The van der Waals surface area contributed by atoms with Gasteiger partial charge in [-0.25, -0.2) is 8.42 Å². The van der Waals surface area contributed by atoms with Crippen LogP contribution in [0, 0.1) is 12.8 Å². The SMILES string of the molecule is Cc1c(S(=O)(=O)c2ccc(Cl)cc2)csc1C(=O)N(Cc1ccc(C(=O)NCCC(=O)O)cc1)CC(c1ccccc1)C1C=CC=CC1. The number of sulfone groups is 1. The van der Waals surface area contributed by atoms with Crippen molar-refractivity contribution in [2.75, 3.05) is 13.1 Å². The van der Waals surface area contributed by atoms with Gasteiger partial charge in [-0.2, -0.15) is 0 Å². The number of halogens is 1. The maximum atomic E-state index is 14.5. The molecular weight excluding hydrogens is 668 g/mol. The number of nitrogens with one attached hydrogen (secondary N) is 1. The quantitative estimate of drug-likeness (QED) is 0.151. The van der Waals surface area contributed by atoms with Crippen molar-refractivity contribution in [1.29, 1.82) is 0 Å². The lowest BCUT2D eigenvalue weighted by atomic mass is 9.81. The molecule has 0 spiro atoms. The number of carbonyl (C=O) groups is 3. The number of hydrogen-bond donors (Lipinski definition) is 2. The van der Waals surface area contributed by atoms with E-state index in [4.69, 9.17) is 16.7 Å². The zero-order valence-corrected chi connectivity index (χ0v) is 28.6. The first-order valence-electron chi connectivity index (χ1n) is 15.4. The first-order valence-corrected chi connectivity index (χ1v) is 18.1. The summed E-state index contributed by atoms with van der Waals surface area (Å²) in [5.41, 5.74) is 2.62. The topological polar surface area (TPSA) is 121 Å². The van der Waals surface area contributed by atoms with Crippen LogP contribution in [-0.4, -0.2) is 49.3 Å². The van der Waals surface area contributed by atoms with Crippen molar-refractivity contribution in [1.82, 2.24) is 10.2 Å². The van der Waals surface area contributed by atoms with Gasteiger partial charge in [0.05, 0.1) is 21.1 Å². The van der Waals surface area contributed by atoms with E-state index < -0.39 is 15.8 Å². The van der Waals surface area contributed by atoms with Crippen molar-refractivity contribution in [2.24, 2.45) is 5.92 Å². The van der Waals surface area contributed by atoms with Gasteiger partial charge in [-0.1, -0.05) is 78.4 Å². The highest BCUT2D eigenvalue weighted by molar-refractivity contribution is 7.91. The molecule has 0 aliphatic heterocycles. The monoisotopic (exact) mass is 702 g/mol. The van der Waals surface area contributed by atoms with Crippen molar-refractivity contribution in [3.05, 3.63) is 141 Å². The minimum atomic E-state index is -3.90. The molecular formula is C37H35ClN2O6S2. The Hall–Kier alpha value is -4.51. The predicted molar refractivity (Wildman–Crippen MR) is 187 cm³/mol. The van der Waals surface area contributed by atoms with E-state index in [0.29, 0.717) is 27.6 Å². The van der Waals surface area contributed by atoms with Crippen LogP contribution in [0.3, 0.4) is 0 Å². The van der Waals surface area contributed by atoms with Gasteiger partial charge in [0.15, 0.2) is 0 Å². The average Bonchev–Trinajstić information content (AvgIpc) is 3.49. The molecule has 4 aromatic rings. The normalized spacial score (nSPS) is 14.8. The Bertz CT molecular complexity index is 1940. The number of aliphatic carboxylic acids is 1. The van der Waals surface area contributed by atoms with Gasteiger partial charge < -0.3 is 15.3 Å². The van der Waals surface area contributed by atoms with Crippen molar-refractivity contribution >= 4 is 50.6 Å². The van der Waals surface area contributed by atoms with Crippen molar-refractivity contribution in [3.63, 3.8) is 0 Å². The Labute approximate surface area is 289 Å². The molecule has 1 heterocycles. The first-order chi connectivity index (χ1) is 23.0. The van der Waals surface area contributed by atoms with Crippen LogP contribution < -0.4 is 5.32 Å². The van der Waals surface area contributed by atoms with Crippen LogP contribution in [-0.2, 0) is 21.2 Å². The third-order valence-corrected chi connectivity index (χ3v) is 11.6. The lowest BCUT2D eigenvalue weighted by Crippen LogP contribution is -2.36. The highest BCUT2D eigenvalue weighted by Crippen LogP contribution is 2.35. The molecule has 1 aliphatic carbocycles. The number of carbonyl (C=O) groups excluding carboxylic acids is 2. The number of carboxylic acid groups (broad SMARTS) is 1. The summed E-state index contributed by atoms with van der Waals surface area (Å²) in [5, 5.41) is 13.4. The smallest absolute Gasteiger partial charge is 0.305 e. The predicted octanol–water partition coefficient (Wildman–Crippen LogP) is 7.31. The van der Waals surface area contributed by atoms with Crippen molar-refractivity contribution in [2.45, 2.75) is 42.0 Å². The minimum Gasteiger partial charge on any atom is -0.481 e. The summed E-state index contributed by atoms with van der Waals surface area (Å²) in [6.45, 7) is 2.25. The van der Waals surface area contributed by atoms with Gasteiger partial charge >= 0.3 is 5.97 Å². The fourth-order valence-electron chi connectivity index (χ4n) is 5.67. The molecule has 11 heteroatoms. The van der Waals surface area contributed by atoms with Gasteiger partial charge in [-0.3, -0.25) is 14.4 Å². The molecule has 2 atom stereocenters. The lowest BCUT2D eigenvalue weighted by molar-refractivity contribution is -0.136. The van der Waals surface area contributed by atoms with Crippen molar-refractivity contribution < 1.29 is 27.9 Å². The molecule has 2 unspecified atom stereocenters. The molecule has 1 aromatic heterocycles. The fraction of sp³-hybridized carbons (Fsp3) is 0.216. The molecule has 0 bridgehead atoms. The van der Waals surface area contributed by atoms with E-state index in [-0.39, 0.29) is 53.0 Å². The zero-order chi connectivity index (χ0) is 34.3. The molecule has 8 nitrogen and oxygen atoms in total. The molecule has 2 N–H and O–H groups in total. The zero-order valence-electron chi connectivity index (χ0n) is 26.2. The Kier molecular flexibility index (Phi) is 11.3. The lowest BCUT2D eigenvalue weighted by Gasteiger charge is -2.32. The van der Waals surface area contributed by atoms with E-state index in [1.54, 1.807) is 36.1 Å². The van der Waals surface area contributed by atoms with Crippen LogP contribution in [0.4, 0.5) is 0 Å². The number of nitrogens with zero attached hydrogens (tertiary/aromatic N) is 1. The van der Waals surface area contributed by atoms with Crippen molar-refractivity contribution in [3.8, 4) is 0 Å². The van der Waals surface area contributed by atoms with Crippen LogP contribution in [0.5, 0.6) is 0 Å². The van der Waals surface area contributed by atoms with Gasteiger partial charge in [-0.15, -0.1) is 11.3 Å². The molecule has 1 aliphatic rings. The minimum absolute atomic E-state index is 0.0137. The highest BCUT2D eigenvalue weighted by Gasteiger charge is 2.31. The van der Waals surface area contributed by atoms with E-state index >= 15 is 0 Å². The van der Waals surface area contributed by atoms with Crippen LogP contribution in [0.2, 0.25) is 5.02 Å². The van der Waals surface area contributed by atoms with Gasteiger partial charge in [0, 0.05) is 41.5 Å². The Morgan fingerprint density at radius 3 is 2.35 bits per heavy atom. The van der Waals surface area contributed by atoms with Gasteiger partial charge in [0.1, 0.15) is 0 Å². The fourth-order valence-corrected chi connectivity index (χ4v) is 8.68. The molecule has 2 amide bonds. The number of rotatable bonds is 13. The van der Waals surface area contributed by atoms with E-state index in [2.05, 4.69) is 29.6 Å². The van der Waals surface area contributed by atoms with Crippen LogP contribution in [0.25, 0.3) is 0 Å². The summed E-state index contributed by atoms with van der Waals surface area (Å²) in [6.07, 6.45) is 8.94. The Morgan fingerprint density at radius 2 is 1.71 bits per heavy atom. The number of hydrogen-bond acceptors (Lipinski definition) is 6. The maximum Gasteiger partial charge on any atom is 0.305 e. The molecule has 0 saturated heterocycles. The summed E-state index contributed by atoms with van der Waals surface area (Å²) >= 11 is 7.10. The Morgan fingerprint density at radius 1 is 1.00 bits per heavy atom. The van der Waals surface area contributed by atoms with Gasteiger partial charge in [0.25, 0.3) is 11.8 Å². The third-order valence-electron chi connectivity index (χ3n) is 8.28. The molecule has 0 fully saturated rings. The second-order valence-corrected chi connectivity index (χ2v) is 14.8. The molecule has 48 heavy (non-hydrogen) atoms. The Balaban J connectivity index is 1.47. The largest absolute Gasteiger partial charge is 0.481 e. The summed E-state index contributed by atoms with van der Waals surface area (Å²) in [4.78, 5) is 40.1. The second kappa shape index (κ2) is 15.6. The summed E-state index contributed by atoms with van der Waals surface area (Å²) in [7, 11) is -3.90. The number of benzene rings is 3. The number of carboxylic acids is 1. The maximum absolute atomic E-state index is 14.5. The first kappa shape index (κ1) is 34.8. The van der Waals surface area contributed by atoms with E-state index in [1.807, 2.05) is 30.4 Å². The van der Waals surface area contributed by atoms with E-state index in [9.17, 15) is 22.8 Å². The van der Waals surface area contributed by atoms with E-state index in [1.165, 1.54) is 29.6 Å². The number of thiophene rings is 1. The standard InChI is InChI=1S/C37H35ClN2O6S2/c1-25-33(48(45,46)31-18-16-30(38)17-19-31)24-47-35(25)37(44)40(22-26-12-14-29(15-13-26)36(43)39-21-20-34(41)42)23-32(27-8-4-2-5-9-27)28-10-6-3-7-11-28/h2-10,12-19,24,28,32H,11,20-23H2,1H3,(H,39,43)(H,41,42). The summed E-state index contributed by atoms with van der Waals surface area (Å²) in [5.74, 6) is -1.59. The van der Waals surface area contributed by atoms with Crippen LogP contribution >= 0.6 is 22.9 Å². The number of amides is 2. The third kappa shape index (κ3) is 8.31.